The van der Waals surface area contributed by atoms with Crippen LogP contribution in [-0.2, 0) is 9.59 Å². The molecule has 16 heavy (non-hydrogen) atoms. The largest absolute Gasteiger partial charge is 0.356 e. The molecular weight excluding hydrogens is 204 g/mol. The molecule has 0 saturated heterocycles. The Morgan fingerprint density at radius 1 is 1.06 bits per heavy atom. The lowest BCUT2D eigenvalue weighted by atomic mass is 10.2. The Hall–Kier alpha value is -1.32. The van der Waals surface area contributed by atoms with Crippen molar-refractivity contribution in [1.29, 1.82) is 0 Å². The van der Waals surface area contributed by atoms with Gasteiger partial charge in [-0.15, -0.1) is 0 Å². The molecule has 0 saturated carbocycles. The maximum Gasteiger partial charge on any atom is 0.243 e. The number of amides is 2. The molecule has 0 fully saturated rings. The van der Waals surface area contributed by atoms with Gasteiger partial charge in [0.25, 0.3) is 0 Å². The first kappa shape index (κ1) is 14.7. The zero-order valence-electron chi connectivity index (χ0n) is 10.1. The highest BCUT2D eigenvalue weighted by atomic mass is 16.2. The smallest absolute Gasteiger partial charge is 0.243 e. The van der Waals surface area contributed by atoms with Gasteiger partial charge in [0, 0.05) is 19.5 Å². The molecule has 0 aliphatic heterocycles. The van der Waals surface area contributed by atoms with Crippen LogP contribution in [0.15, 0.2) is 12.7 Å². The molecule has 0 spiro atoms. The van der Waals surface area contributed by atoms with E-state index in [0.717, 1.165) is 32.2 Å². The van der Waals surface area contributed by atoms with Gasteiger partial charge in [-0.2, -0.15) is 0 Å². The van der Waals surface area contributed by atoms with Crippen LogP contribution in [0.5, 0.6) is 0 Å². The minimum Gasteiger partial charge on any atom is -0.356 e. The van der Waals surface area contributed by atoms with E-state index in [-0.39, 0.29) is 11.8 Å². The lowest BCUT2D eigenvalue weighted by molar-refractivity contribution is -0.120. The van der Waals surface area contributed by atoms with Gasteiger partial charge >= 0.3 is 0 Å². The van der Waals surface area contributed by atoms with Gasteiger partial charge in [-0.3, -0.25) is 9.59 Å². The third kappa shape index (κ3) is 9.24. The zero-order valence-corrected chi connectivity index (χ0v) is 10.1. The molecule has 0 aliphatic rings. The van der Waals surface area contributed by atoms with Gasteiger partial charge in [-0.05, 0) is 18.9 Å². The number of hydrogen-bond acceptors (Lipinski definition) is 2. The Morgan fingerprint density at radius 2 is 1.62 bits per heavy atom. The molecule has 0 aliphatic carbocycles. The Labute approximate surface area is 97.5 Å². The molecule has 2 N–H and O–H groups in total. The van der Waals surface area contributed by atoms with Gasteiger partial charge in [0.1, 0.15) is 0 Å². The fourth-order valence-electron chi connectivity index (χ4n) is 1.24. The van der Waals surface area contributed by atoms with E-state index in [1.807, 2.05) is 6.92 Å². The first-order valence-corrected chi connectivity index (χ1v) is 5.87. The van der Waals surface area contributed by atoms with Crippen LogP contribution in [0.1, 0.15) is 39.0 Å². The number of hydrogen-bond donors (Lipinski definition) is 2. The highest BCUT2D eigenvalue weighted by Crippen LogP contribution is 1.97. The first-order chi connectivity index (χ1) is 7.70. The van der Waals surface area contributed by atoms with Gasteiger partial charge < -0.3 is 10.6 Å². The van der Waals surface area contributed by atoms with Crippen LogP contribution in [0, 0.1) is 0 Å². The van der Waals surface area contributed by atoms with E-state index in [1.165, 1.54) is 6.08 Å². The number of unbranched alkanes of at least 4 members (excludes halogenated alkanes) is 3. The van der Waals surface area contributed by atoms with Crippen LogP contribution in [0.25, 0.3) is 0 Å². The summed E-state index contributed by atoms with van der Waals surface area (Å²) in [6.45, 7) is 6.67. The summed E-state index contributed by atoms with van der Waals surface area (Å²) in [5, 5.41) is 5.55. The zero-order chi connectivity index (χ0) is 12.2. The van der Waals surface area contributed by atoms with E-state index in [1.54, 1.807) is 0 Å². The molecular formula is C12H22N2O2. The van der Waals surface area contributed by atoms with Crippen molar-refractivity contribution < 1.29 is 9.59 Å². The average molecular weight is 226 g/mol. The van der Waals surface area contributed by atoms with Crippen molar-refractivity contribution in [2.45, 2.75) is 39.0 Å². The second kappa shape index (κ2) is 10.2. The summed E-state index contributed by atoms with van der Waals surface area (Å²) in [4.78, 5) is 21.7. The molecule has 2 amide bonds. The average Bonchev–Trinajstić information content (AvgIpc) is 2.31. The van der Waals surface area contributed by atoms with Crippen molar-refractivity contribution in [1.82, 2.24) is 10.6 Å². The quantitative estimate of drug-likeness (QED) is 0.461. The fourth-order valence-corrected chi connectivity index (χ4v) is 1.24. The molecule has 0 bridgehead atoms. The van der Waals surface area contributed by atoms with E-state index in [9.17, 15) is 9.59 Å². The third-order valence-electron chi connectivity index (χ3n) is 2.23. The van der Waals surface area contributed by atoms with E-state index >= 15 is 0 Å². The van der Waals surface area contributed by atoms with Crippen molar-refractivity contribution in [3.05, 3.63) is 12.7 Å². The van der Waals surface area contributed by atoms with Crippen LogP contribution in [-0.4, -0.2) is 24.9 Å². The van der Waals surface area contributed by atoms with E-state index in [4.69, 9.17) is 0 Å². The van der Waals surface area contributed by atoms with Gasteiger partial charge in [0.15, 0.2) is 0 Å². The predicted octanol–water partition coefficient (Wildman–Crippen LogP) is 1.38. The molecule has 0 heterocycles. The summed E-state index contributed by atoms with van der Waals surface area (Å²) in [6, 6.07) is 0. The number of carbonyl (C=O) groups excluding carboxylic acids is 2. The second-order valence-electron chi connectivity index (χ2n) is 3.61. The standard InChI is InChI=1S/C12H22N2O2/c1-3-11(15)13-9-7-5-6-8-10-14-12(16)4-2/h3H,1,4-10H2,2H3,(H,13,15)(H,14,16). The van der Waals surface area contributed by atoms with Crippen LogP contribution in [0.2, 0.25) is 0 Å². The third-order valence-corrected chi connectivity index (χ3v) is 2.23. The molecule has 0 unspecified atom stereocenters. The highest BCUT2D eigenvalue weighted by Gasteiger charge is 1.96. The topological polar surface area (TPSA) is 58.2 Å². The van der Waals surface area contributed by atoms with Crippen molar-refractivity contribution in [3.63, 3.8) is 0 Å². The minimum atomic E-state index is -0.116. The van der Waals surface area contributed by atoms with E-state index in [0.29, 0.717) is 13.0 Å². The van der Waals surface area contributed by atoms with Crippen LogP contribution < -0.4 is 10.6 Å². The Balaban J connectivity index is 3.13. The van der Waals surface area contributed by atoms with Gasteiger partial charge in [-0.25, -0.2) is 0 Å². The van der Waals surface area contributed by atoms with Crippen molar-refractivity contribution in [3.8, 4) is 0 Å². The molecule has 4 heteroatoms. The second-order valence-corrected chi connectivity index (χ2v) is 3.61. The number of carbonyl (C=O) groups is 2. The number of rotatable bonds is 9. The fraction of sp³-hybridized carbons (Fsp3) is 0.667. The summed E-state index contributed by atoms with van der Waals surface area (Å²) < 4.78 is 0. The van der Waals surface area contributed by atoms with E-state index in [2.05, 4.69) is 17.2 Å². The minimum absolute atomic E-state index is 0.109. The maximum absolute atomic E-state index is 10.9. The number of nitrogens with one attached hydrogen (secondary N) is 2. The first-order valence-electron chi connectivity index (χ1n) is 5.87. The normalized spacial score (nSPS) is 9.56. The summed E-state index contributed by atoms with van der Waals surface area (Å²) >= 11 is 0. The van der Waals surface area contributed by atoms with Crippen molar-refractivity contribution >= 4 is 11.8 Å². The summed E-state index contributed by atoms with van der Waals surface area (Å²) in [5.41, 5.74) is 0. The van der Waals surface area contributed by atoms with Crippen LogP contribution >= 0.6 is 0 Å². The monoisotopic (exact) mass is 226 g/mol. The van der Waals surface area contributed by atoms with Crippen molar-refractivity contribution in [2.24, 2.45) is 0 Å². The molecule has 0 radical (unpaired) electrons. The Morgan fingerprint density at radius 3 is 2.12 bits per heavy atom. The Bertz CT molecular complexity index is 227. The summed E-state index contributed by atoms with van der Waals surface area (Å²) in [5.74, 6) is -0.00606. The molecule has 0 aromatic carbocycles. The lowest BCUT2D eigenvalue weighted by Crippen LogP contribution is -2.23. The van der Waals surface area contributed by atoms with Gasteiger partial charge in [0.2, 0.25) is 11.8 Å². The van der Waals surface area contributed by atoms with Gasteiger partial charge in [-0.1, -0.05) is 26.3 Å². The molecule has 0 aromatic rings. The van der Waals surface area contributed by atoms with Crippen LogP contribution in [0.3, 0.4) is 0 Å². The highest BCUT2D eigenvalue weighted by molar-refractivity contribution is 5.86. The van der Waals surface area contributed by atoms with Gasteiger partial charge in [0.05, 0.1) is 0 Å². The molecule has 4 nitrogen and oxygen atoms in total. The molecule has 0 rings (SSSR count). The molecule has 0 aromatic heterocycles. The SMILES string of the molecule is C=CC(=O)NCCCCCCNC(=O)CC. The molecule has 92 valence electrons. The predicted molar refractivity (Wildman–Crippen MR) is 65.0 cm³/mol. The molecule has 0 atom stereocenters. The summed E-state index contributed by atoms with van der Waals surface area (Å²) in [7, 11) is 0. The van der Waals surface area contributed by atoms with Crippen LogP contribution in [0.4, 0.5) is 0 Å². The van der Waals surface area contributed by atoms with Crippen molar-refractivity contribution in [2.75, 3.05) is 13.1 Å². The lowest BCUT2D eigenvalue weighted by Gasteiger charge is -2.04. The summed E-state index contributed by atoms with van der Waals surface area (Å²) in [6.07, 6.45) is 5.95. The Kier molecular flexibility index (Phi) is 9.36. The van der Waals surface area contributed by atoms with E-state index < -0.39 is 0 Å². The maximum atomic E-state index is 10.9.